The molecule has 5 heteroatoms. The van der Waals surface area contributed by atoms with Crippen molar-refractivity contribution in [1.82, 2.24) is 10.4 Å². The summed E-state index contributed by atoms with van der Waals surface area (Å²) in [5, 5.41) is 10.9. The molecule has 0 bridgehead atoms. The van der Waals surface area contributed by atoms with Gasteiger partial charge in [0.2, 0.25) is 5.91 Å². The molecule has 1 rings (SSSR count). The van der Waals surface area contributed by atoms with Crippen LogP contribution in [0.3, 0.4) is 0 Å². The molecule has 2 N–H and O–H groups in total. The van der Waals surface area contributed by atoms with Crippen molar-refractivity contribution in [2.45, 2.75) is 33.6 Å². The van der Waals surface area contributed by atoms with E-state index in [1.165, 1.54) is 0 Å². The number of hydrogen-bond acceptors (Lipinski definition) is 3. The van der Waals surface area contributed by atoms with Gasteiger partial charge in [0.25, 0.3) is 0 Å². The van der Waals surface area contributed by atoms with Crippen molar-refractivity contribution in [1.29, 1.82) is 0 Å². The van der Waals surface area contributed by atoms with Crippen LogP contribution in [0.1, 0.15) is 33.6 Å². The summed E-state index contributed by atoms with van der Waals surface area (Å²) in [6, 6.07) is 0. The highest BCUT2D eigenvalue weighted by Gasteiger charge is 2.58. The van der Waals surface area contributed by atoms with Gasteiger partial charge >= 0.3 is 5.97 Å². The lowest BCUT2D eigenvalue weighted by molar-refractivity contribution is -0.155. The Kier molecular flexibility index (Phi) is 3.52. The molecule has 1 amide bonds. The van der Waals surface area contributed by atoms with Gasteiger partial charge in [0.1, 0.15) is 0 Å². The molecular weight excluding hydrogens is 220 g/mol. The largest absolute Gasteiger partial charge is 0.481 e. The lowest BCUT2D eigenvalue weighted by Gasteiger charge is -2.38. The van der Waals surface area contributed by atoms with E-state index in [1.807, 2.05) is 13.8 Å². The van der Waals surface area contributed by atoms with Crippen molar-refractivity contribution >= 4 is 11.9 Å². The fourth-order valence-electron chi connectivity index (χ4n) is 2.64. The van der Waals surface area contributed by atoms with Gasteiger partial charge in [-0.25, -0.2) is 5.01 Å². The van der Waals surface area contributed by atoms with Gasteiger partial charge < -0.3 is 5.11 Å². The average molecular weight is 242 g/mol. The zero-order chi connectivity index (χ0) is 13.4. The number of aliphatic carboxylic acids is 1. The van der Waals surface area contributed by atoms with Crippen molar-refractivity contribution < 1.29 is 14.7 Å². The minimum Gasteiger partial charge on any atom is -0.481 e. The lowest BCUT2D eigenvalue weighted by Crippen LogP contribution is -2.48. The second-order valence-electron chi connectivity index (χ2n) is 5.82. The van der Waals surface area contributed by atoms with Gasteiger partial charge in [-0.05, 0) is 25.2 Å². The van der Waals surface area contributed by atoms with Gasteiger partial charge in [-0.3, -0.25) is 15.0 Å². The summed E-state index contributed by atoms with van der Waals surface area (Å²) in [4.78, 5) is 23.4. The second-order valence-corrected chi connectivity index (χ2v) is 5.82. The van der Waals surface area contributed by atoms with E-state index in [1.54, 1.807) is 26.0 Å². The molecule has 0 aliphatic heterocycles. The average Bonchev–Trinajstić information content (AvgIpc) is 2.38. The number of rotatable bonds is 3. The molecule has 98 valence electrons. The lowest BCUT2D eigenvalue weighted by atomic mass is 9.65. The van der Waals surface area contributed by atoms with Crippen molar-refractivity contribution in [3.8, 4) is 0 Å². The highest BCUT2D eigenvalue weighted by atomic mass is 16.4. The Bertz CT molecular complexity index is 339. The SMILES string of the molecule is CN(C)NC(=O)[C@H]1CC[C@](C)(C(=O)O)C1(C)C. The van der Waals surface area contributed by atoms with Crippen molar-refractivity contribution in [3.05, 3.63) is 0 Å². The number of hydrogen-bond donors (Lipinski definition) is 2. The van der Waals surface area contributed by atoms with Gasteiger partial charge in [0, 0.05) is 20.0 Å². The molecule has 1 aliphatic rings. The topological polar surface area (TPSA) is 69.6 Å². The second kappa shape index (κ2) is 4.29. The third kappa shape index (κ3) is 2.16. The summed E-state index contributed by atoms with van der Waals surface area (Å²) in [5.74, 6) is -1.17. The predicted octanol–water partition coefficient (Wildman–Crippen LogP) is 1.11. The third-order valence-corrected chi connectivity index (χ3v) is 4.35. The zero-order valence-corrected chi connectivity index (χ0v) is 11.2. The highest BCUT2D eigenvalue weighted by molar-refractivity contribution is 5.83. The molecule has 0 saturated heterocycles. The summed E-state index contributed by atoms with van der Waals surface area (Å²) in [7, 11) is 3.49. The maximum absolute atomic E-state index is 12.0. The number of nitrogens with one attached hydrogen (secondary N) is 1. The van der Waals surface area contributed by atoms with E-state index in [0.717, 1.165) is 0 Å². The fraction of sp³-hybridized carbons (Fsp3) is 0.833. The molecule has 17 heavy (non-hydrogen) atoms. The summed E-state index contributed by atoms with van der Waals surface area (Å²) < 4.78 is 0. The van der Waals surface area contributed by atoms with Gasteiger partial charge in [0.05, 0.1) is 5.41 Å². The Morgan fingerprint density at radius 1 is 1.29 bits per heavy atom. The zero-order valence-electron chi connectivity index (χ0n) is 11.2. The van der Waals surface area contributed by atoms with Crippen LogP contribution in [0.5, 0.6) is 0 Å². The van der Waals surface area contributed by atoms with E-state index < -0.39 is 16.8 Å². The molecule has 1 saturated carbocycles. The van der Waals surface area contributed by atoms with Crippen LogP contribution < -0.4 is 5.43 Å². The third-order valence-electron chi connectivity index (χ3n) is 4.35. The summed E-state index contributed by atoms with van der Waals surface area (Å²) >= 11 is 0. The number of carboxylic acids is 1. The van der Waals surface area contributed by atoms with E-state index in [0.29, 0.717) is 12.8 Å². The van der Waals surface area contributed by atoms with Crippen LogP contribution in [0.15, 0.2) is 0 Å². The number of amides is 1. The van der Waals surface area contributed by atoms with Crippen LogP contribution in [0.2, 0.25) is 0 Å². The number of hydrazine groups is 1. The van der Waals surface area contributed by atoms with Gasteiger partial charge in [-0.1, -0.05) is 13.8 Å². The molecule has 0 spiro atoms. The van der Waals surface area contributed by atoms with E-state index in [4.69, 9.17) is 0 Å². The maximum atomic E-state index is 12.0. The standard InChI is InChI=1S/C12H22N2O3/c1-11(2)8(9(15)13-14(4)5)6-7-12(11,3)10(16)17/h8H,6-7H2,1-5H3,(H,13,15)(H,16,17)/t8-,12-/m1/s1. The molecule has 0 radical (unpaired) electrons. The first-order chi connectivity index (χ1) is 7.63. The van der Waals surface area contributed by atoms with Gasteiger partial charge in [-0.15, -0.1) is 0 Å². The smallest absolute Gasteiger partial charge is 0.309 e. The maximum Gasteiger partial charge on any atom is 0.309 e. The summed E-state index contributed by atoms with van der Waals surface area (Å²) in [6.07, 6.45) is 1.16. The van der Waals surface area contributed by atoms with E-state index in [-0.39, 0.29) is 11.8 Å². The Labute approximate surface area is 102 Å². The van der Waals surface area contributed by atoms with Crippen molar-refractivity contribution in [2.24, 2.45) is 16.7 Å². The number of carboxylic acid groups (broad SMARTS) is 1. The van der Waals surface area contributed by atoms with Crippen molar-refractivity contribution in [3.63, 3.8) is 0 Å². The van der Waals surface area contributed by atoms with Crippen LogP contribution in [0.25, 0.3) is 0 Å². The van der Waals surface area contributed by atoms with E-state index >= 15 is 0 Å². The van der Waals surface area contributed by atoms with Crippen LogP contribution >= 0.6 is 0 Å². The Balaban J connectivity index is 2.93. The first-order valence-electron chi connectivity index (χ1n) is 5.84. The van der Waals surface area contributed by atoms with Crippen LogP contribution in [0, 0.1) is 16.7 Å². The summed E-state index contributed by atoms with van der Waals surface area (Å²) in [6.45, 7) is 5.47. The molecule has 0 aromatic rings. The van der Waals surface area contributed by atoms with Gasteiger partial charge in [-0.2, -0.15) is 0 Å². The van der Waals surface area contributed by atoms with E-state index in [2.05, 4.69) is 5.43 Å². The minimum absolute atomic E-state index is 0.0926. The molecule has 0 aromatic heterocycles. The normalized spacial score (nSPS) is 31.5. The Morgan fingerprint density at radius 2 is 1.82 bits per heavy atom. The Morgan fingerprint density at radius 3 is 2.18 bits per heavy atom. The van der Waals surface area contributed by atoms with Crippen LogP contribution in [-0.2, 0) is 9.59 Å². The Hall–Kier alpha value is -1.10. The molecule has 0 unspecified atom stereocenters. The van der Waals surface area contributed by atoms with Crippen LogP contribution in [-0.4, -0.2) is 36.1 Å². The molecule has 0 heterocycles. The molecule has 1 fully saturated rings. The first kappa shape index (κ1) is 14.0. The number of carbonyl (C=O) groups is 2. The first-order valence-corrected chi connectivity index (χ1v) is 5.84. The number of carbonyl (C=O) groups excluding carboxylic acids is 1. The minimum atomic E-state index is -0.832. The molecule has 5 nitrogen and oxygen atoms in total. The fourth-order valence-corrected chi connectivity index (χ4v) is 2.64. The van der Waals surface area contributed by atoms with Gasteiger partial charge in [0.15, 0.2) is 0 Å². The van der Waals surface area contributed by atoms with Crippen LogP contribution in [0.4, 0.5) is 0 Å². The molecular formula is C12H22N2O3. The highest BCUT2D eigenvalue weighted by Crippen LogP contribution is 2.56. The van der Waals surface area contributed by atoms with E-state index in [9.17, 15) is 14.7 Å². The predicted molar refractivity (Wildman–Crippen MR) is 64.1 cm³/mol. The quantitative estimate of drug-likeness (QED) is 0.727. The molecule has 0 aromatic carbocycles. The van der Waals surface area contributed by atoms with Crippen molar-refractivity contribution in [2.75, 3.05) is 14.1 Å². The monoisotopic (exact) mass is 242 g/mol. The summed E-state index contributed by atoms with van der Waals surface area (Å²) in [5.41, 5.74) is 1.34. The molecule has 2 atom stereocenters. The number of nitrogens with zero attached hydrogens (tertiary/aromatic N) is 1. The molecule has 1 aliphatic carbocycles.